The number of ether oxygens (including phenoxy) is 1. The number of rotatable bonds is 7. The van der Waals surface area contributed by atoms with E-state index in [2.05, 4.69) is 15.5 Å². The van der Waals surface area contributed by atoms with Gasteiger partial charge < -0.3 is 19.4 Å². The van der Waals surface area contributed by atoms with Gasteiger partial charge in [0.25, 0.3) is 11.8 Å². The Balaban J connectivity index is 1.23. The molecule has 0 spiro atoms. The Morgan fingerprint density at radius 3 is 2.71 bits per heavy atom. The van der Waals surface area contributed by atoms with Gasteiger partial charge in [-0.15, -0.1) is 0 Å². The molecule has 3 aromatic rings. The van der Waals surface area contributed by atoms with E-state index in [-0.39, 0.29) is 30.2 Å². The molecule has 2 N–H and O–H groups in total. The summed E-state index contributed by atoms with van der Waals surface area (Å²) in [6, 6.07) is 10.9. The van der Waals surface area contributed by atoms with E-state index in [4.69, 9.17) is 9.15 Å². The van der Waals surface area contributed by atoms with Gasteiger partial charge in [-0.1, -0.05) is 0 Å². The lowest BCUT2D eigenvalue weighted by Gasteiger charge is -2.31. The Bertz CT molecular complexity index is 1010. The zero-order valence-electron chi connectivity index (χ0n) is 16.8. The predicted octanol–water partition coefficient (Wildman–Crippen LogP) is 2.86. The average Bonchev–Trinajstić information content (AvgIpc) is 3.49. The molecule has 1 fully saturated rings. The molecular weight excluding hydrogens is 403 g/mol. The maximum atomic E-state index is 12.9. The van der Waals surface area contributed by atoms with E-state index in [0.29, 0.717) is 36.8 Å². The number of aromatic nitrogens is 2. The number of amides is 2. The number of halogens is 1. The van der Waals surface area contributed by atoms with Crippen LogP contribution >= 0.6 is 0 Å². The van der Waals surface area contributed by atoms with Gasteiger partial charge in [0.05, 0.1) is 12.8 Å². The average molecular weight is 426 g/mol. The Morgan fingerprint density at radius 2 is 2.00 bits per heavy atom. The van der Waals surface area contributed by atoms with E-state index in [1.165, 1.54) is 24.3 Å². The van der Waals surface area contributed by atoms with Crippen molar-refractivity contribution in [1.29, 1.82) is 0 Å². The monoisotopic (exact) mass is 426 g/mol. The highest BCUT2D eigenvalue weighted by Crippen LogP contribution is 2.27. The highest BCUT2D eigenvalue weighted by Gasteiger charge is 2.26. The zero-order chi connectivity index (χ0) is 21.6. The number of H-pyrrole nitrogens is 1. The largest absolute Gasteiger partial charge is 0.484 e. The number of likely N-dealkylation sites (tertiary alicyclic amines) is 1. The fourth-order valence-corrected chi connectivity index (χ4v) is 3.54. The summed E-state index contributed by atoms with van der Waals surface area (Å²) in [6.45, 7) is 1.40. The van der Waals surface area contributed by atoms with Crippen LogP contribution in [0.5, 0.6) is 5.75 Å². The molecule has 1 saturated heterocycles. The highest BCUT2D eigenvalue weighted by molar-refractivity contribution is 5.92. The molecule has 3 heterocycles. The number of hydrogen-bond acceptors (Lipinski definition) is 5. The lowest BCUT2D eigenvalue weighted by Crippen LogP contribution is -2.40. The Kier molecular flexibility index (Phi) is 6.30. The van der Waals surface area contributed by atoms with Crippen molar-refractivity contribution < 1.29 is 23.1 Å². The molecule has 0 radical (unpaired) electrons. The fourth-order valence-electron chi connectivity index (χ4n) is 3.54. The van der Waals surface area contributed by atoms with E-state index in [9.17, 15) is 14.0 Å². The molecule has 162 valence electrons. The third kappa shape index (κ3) is 5.30. The molecular formula is C22H23FN4O4. The number of aromatic amines is 1. The number of piperidine rings is 1. The van der Waals surface area contributed by atoms with Crippen molar-refractivity contribution >= 4 is 11.8 Å². The molecule has 2 amide bonds. The van der Waals surface area contributed by atoms with E-state index in [0.717, 1.165) is 18.5 Å². The summed E-state index contributed by atoms with van der Waals surface area (Å²) in [5, 5.41) is 9.84. The first-order valence-electron chi connectivity index (χ1n) is 10.1. The topological polar surface area (TPSA) is 100 Å². The molecule has 0 atom stereocenters. The van der Waals surface area contributed by atoms with Crippen molar-refractivity contribution in [3.05, 3.63) is 71.7 Å². The second kappa shape index (κ2) is 9.46. The lowest BCUT2D eigenvalue weighted by molar-refractivity contribution is -0.134. The molecule has 1 aliphatic heterocycles. The first kappa shape index (κ1) is 20.6. The van der Waals surface area contributed by atoms with Gasteiger partial charge >= 0.3 is 0 Å². The number of carbonyl (C=O) groups excluding carboxylic acids is 2. The van der Waals surface area contributed by atoms with E-state index < -0.39 is 0 Å². The fraction of sp³-hybridized carbons (Fsp3) is 0.318. The summed E-state index contributed by atoms with van der Waals surface area (Å²) in [4.78, 5) is 26.4. The summed E-state index contributed by atoms with van der Waals surface area (Å²) in [6.07, 6.45) is 3.08. The molecule has 0 unspecified atom stereocenters. The predicted molar refractivity (Wildman–Crippen MR) is 109 cm³/mol. The number of nitrogens with zero attached hydrogens (tertiary/aromatic N) is 2. The second-order valence-corrected chi connectivity index (χ2v) is 7.37. The van der Waals surface area contributed by atoms with Crippen molar-refractivity contribution in [3.63, 3.8) is 0 Å². The van der Waals surface area contributed by atoms with Crippen LogP contribution in [-0.2, 0) is 11.3 Å². The number of furan rings is 1. The summed E-state index contributed by atoms with van der Waals surface area (Å²) in [5.74, 6) is 0.596. The number of carbonyl (C=O) groups is 2. The van der Waals surface area contributed by atoms with Crippen molar-refractivity contribution in [3.8, 4) is 5.75 Å². The Morgan fingerprint density at radius 1 is 1.23 bits per heavy atom. The van der Waals surface area contributed by atoms with Crippen LogP contribution in [0.2, 0.25) is 0 Å². The smallest absolute Gasteiger partial charge is 0.272 e. The van der Waals surface area contributed by atoms with Crippen molar-refractivity contribution in [2.45, 2.75) is 25.3 Å². The van der Waals surface area contributed by atoms with Crippen LogP contribution < -0.4 is 10.1 Å². The molecule has 2 aromatic heterocycles. The molecule has 31 heavy (non-hydrogen) atoms. The molecule has 4 rings (SSSR count). The van der Waals surface area contributed by atoms with E-state index in [1.807, 2.05) is 0 Å². The van der Waals surface area contributed by atoms with Crippen LogP contribution in [0.1, 0.15) is 40.7 Å². The van der Waals surface area contributed by atoms with Gasteiger partial charge in [-0.25, -0.2) is 4.39 Å². The molecule has 0 aliphatic carbocycles. The van der Waals surface area contributed by atoms with Gasteiger partial charge in [-0.05, 0) is 55.3 Å². The van der Waals surface area contributed by atoms with Crippen molar-refractivity contribution in [2.24, 2.45) is 0 Å². The Hall–Kier alpha value is -3.62. The van der Waals surface area contributed by atoms with Gasteiger partial charge in [-0.2, -0.15) is 5.10 Å². The van der Waals surface area contributed by atoms with Crippen molar-refractivity contribution in [2.75, 3.05) is 19.7 Å². The maximum absolute atomic E-state index is 12.9. The number of nitrogens with one attached hydrogen (secondary N) is 2. The minimum Gasteiger partial charge on any atom is -0.484 e. The van der Waals surface area contributed by atoms with Crippen LogP contribution in [0.25, 0.3) is 0 Å². The van der Waals surface area contributed by atoms with Crippen LogP contribution in [0, 0.1) is 5.82 Å². The van der Waals surface area contributed by atoms with Crippen LogP contribution in [0.15, 0.2) is 53.1 Å². The molecule has 1 aliphatic rings. The third-order valence-electron chi connectivity index (χ3n) is 5.30. The van der Waals surface area contributed by atoms with Crippen LogP contribution in [0.3, 0.4) is 0 Å². The molecule has 0 bridgehead atoms. The molecule has 8 nitrogen and oxygen atoms in total. The number of benzene rings is 1. The molecule has 0 saturated carbocycles. The first-order chi connectivity index (χ1) is 15.1. The molecule has 1 aromatic carbocycles. The quantitative estimate of drug-likeness (QED) is 0.605. The highest BCUT2D eigenvalue weighted by atomic mass is 19.1. The van der Waals surface area contributed by atoms with Crippen LogP contribution in [-0.4, -0.2) is 46.6 Å². The summed E-state index contributed by atoms with van der Waals surface area (Å²) >= 11 is 0. The van der Waals surface area contributed by atoms with Gasteiger partial charge in [0.15, 0.2) is 6.61 Å². The Labute approximate surface area is 178 Å². The van der Waals surface area contributed by atoms with Gasteiger partial charge in [0, 0.05) is 24.7 Å². The van der Waals surface area contributed by atoms with Gasteiger partial charge in [0.1, 0.15) is 23.0 Å². The van der Waals surface area contributed by atoms with Gasteiger partial charge in [0.2, 0.25) is 0 Å². The maximum Gasteiger partial charge on any atom is 0.272 e. The number of hydrogen-bond donors (Lipinski definition) is 2. The normalized spacial score (nSPS) is 14.4. The molecule has 9 heteroatoms. The summed E-state index contributed by atoms with van der Waals surface area (Å²) in [7, 11) is 0. The summed E-state index contributed by atoms with van der Waals surface area (Å²) < 4.78 is 23.6. The van der Waals surface area contributed by atoms with E-state index >= 15 is 0 Å². The third-order valence-corrected chi connectivity index (χ3v) is 5.30. The van der Waals surface area contributed by atoms with E-state index in [1.54, 1.807) is 29.4 Å². The first-order valence-corrected chi connectivity index (χ1v) is 10.1. The zero-order valence-corrected chi connectivity index (χ0v) is 16.8. The van der Waals surface area contributed by atoms with Crippen LogP contribution in [0.4, 0.5) is 4.39 Å². The lowest BCUT2D eigenvalue weighted by atomic mass is 9.93. The minimum atomic E-state index is -0.349. The van der Waals surface area contributed by atoms with Gasteiger partial charge in [-0.3, -0.25) is 14.7 Å². The SMILES string of the molecule is O=C(NCc1ccco1)c1cc(C2CCN(C(=O)COc3ccc(F)cc3)CC2)[nH]n1. The standard InChI is InChI=1S/C22H23FN4O4/c23-16-3-5-17(6-4-16)31-14-21(28)27-9-7-15(8-10-27)19-12-20(26-25-19)22(29)24-13-18-2-1-11-30-18/h1-6,11-12,15H,7-10,13-14H2,(H,24,29)(H,25,26). The second-order valence-electron chi connectivity index (χ2n) is 7.37. The minimum absolute atomic E-state index is 0.0830. The summed E-state index contributed by atoms with van der Waals surface area (Å²) in [5.41, 5.74) is 1.21. The van der Waals surface area contributed by atoms with Crippen molar-refractivity contribution in [1.82, 2.24) is 20.4 Å².